The fourth-order valence-electron chi connectivity index (χ4n) is 3.15. The summed E-state index contributed by atoms with van der Waals surface area (Å²) in [6, 6.07) is 2.38. The summed E-state index contributed by atoms with van der Waals surface area (Å²) in [6.07, 6.45) is 2.83. The smallest absolute Gasteiger partial charge is 0.227 e. The molecule has 1 atom stereocenters. The van der Waals surface area contributed by atoms with Gasteiger partial charge in [-0.3, -0.25) is 4.79 Å². The molecule has 0 fully saturated rings. The molecule has 130 valence electrons. The summed E-state index contributed by atoms with van der Waals surface area (Å²) in [5, 5.41) is 6.15. The summed E-state index contributed by atoms with van der Waals surface area (Å²) in [5.74, 6) is 1.42. The molecule has 3 rings (SSSR count). The lowest BCUT2D eigenvalue weighted by Gasteiger charge is -2.35. The fraction of sp³-hybridized carbons (Fsp3) is 0.611. The number of aryl methyl sites for hydroxylation is 1. The highest BCUT2D eigenvalue weighted by atomic mass is 32.1. The van der Waals surface area contributed by atoms with E-state index in [-0.39, 0.29) is 17.4 Å². The Morgan fingerprint density at radius 2 is 2.25 bits per heavy atom. The topological polar surface area (TPSA) is 59.2 Å². The molecule has 1 aliphatic rings. The van der Waals surface area contributed by atoms with Gasteiger partial charge in [0.1, 0.15) is 0 Å². The average molecular weight is 347 g/mol. The van der Waals surface area contributed by atoms with Crippen LogP contribution in [0.4, 0.5) is 0 Å². The quantitative estimate of drug-likeness (QED) is 0.842. The van der Waals surface area contributed by atoms with Crippen LogP contribution in [0.25, 0.3) is 0 Å². The molecule has 0 aromatic carbocycles. The van der Waals surface area contributed by atoms with E-state index in [1.165, 1.54) is 10.4 Å². The SMILES string of the molecule is CC[C@H]1c2ccsc2CCN1C(=O)CCc1nc(C(C)(C)C)no1. The highest BCUT2D eigenvalue weighted by molar-refractivity contribution is 7.10. The number of thiophene rings is 1. The molecule has 0 saturated heterocycles. The van der Waals surface area contributed by atoms with E-state index in [9.17, 15) is 4.79 Å². The summed E-state index contributed by atoms with van der Waals surface area (Å²) >= 11 is 1.80. The Balaban J connectivity index is 1.64. The summed E-state index contributed by atoms with van der Waals surface area (Å²) in [7, 11) is 0. The van der Waals surface area contributed by atoms with E-state index in [1.54, 1.807) is 11.3 Å². The molecule has 2 aromatic rings. The molecule has 3 heterocycles. The van der Waals surface area contributed by atoms with E-state index in [0.717, 1.165) is 19.4 Å². The molecule has 0 N–H and O–H groups in total. The van der Waals surface area contributed by atoms with Gasteiger partial charge in [-0.15, -0.1) is 11.3 Å². The number of carbonyl (C=O) groups is 1. The zero-order valence-electron chi connectivity index (χ0n) is 14.8. The number of rotatable bonds is 4. The summed E-state index contributed by atoms with van der Waals surface area (Å²) in [6.45, 7) is 9.09. The van der Waals surface area contributed by atoms with Gasteiger partial charge in [0.2, 0.25) is 11.8 Å². The Kier molecular flexibility index (Phi) is 4.76. The Morgan fingerprint density at radius 1 is 1.46 bits per heavy atom. The average Bonchev–Trinajstić information content (AvgIpc) is 3.19. The van der Waals surface area contributed by atoms with E-state index in [4.69, 9.17) is 4.52 Å². The third-order valence-corrected chi connectivity index (χ3v) is 5.49. The lowest BCUT2D eigenvalue weighted by Crippen LogP contribution is -2.39. The molecule has 0 aliphatic carbocycles. The third-order valence-electron chi connectivity index (χ3n) is 4.49. The van der Waals surface area contributed by atoms with Crippen LogP contribution in [0.5, 0.6) is 0 Å². The van der Waals surface area contributed by atoms with Crippen molar-refractivity contribution in [3.63, 3.8) is 0 Å². The number of amides is 1. The molecule has 1 aliphatic heterocycles. The van der Waals surface area contributed by atoms with Crippen LogP contribution >= 0.6 is 11.3 Å². The molecule has 5 nitrogen and oxygen atoms in total. The van der Waals surface area contributed by atoms with Crippen molar-refractivity contribution in [2.45, 2.75) is 64.8 Å². The summed E-state index contributed by atoms with van der Waals surface area (Å²) < 4.78 is 5.30. The minimum absolute atomic E-state index is 0.138. The van der Waals surface area contributed by atoms with Crippen LogP contribution in [-0.2, 0) is 23.1 Å². The van der Waals surface area contributed by atoms with Crippen molar-refractivity contribution in [3.05, 3.63) is 33.6 Å². The van der Waals surface area contributed by atoms with Crippen LogP contribution in [0.2, 0.25) is 0 Å². The molecule has 24 heavy (non-hydrogen) atoms. The van der Waals surface area contributed by atoms with Crippen molar-refractivity contribution >= 4 is 17.2 Å². The van der Waals surface area contributed by atoms with Crippen molar-refractivity contribution in [2.24, 2.45) is 0 Å². The molecule has 6 heteroatoms. The monoisotopic (exact) mass is 347 g/mol. The van der Waals surface area contributed by atoms with Gasteiger partial charge in [-0.2, -0.15) is 4.98 Å². The molecule has 0 radical (unpaired) electrons. The number of carbonyl (C=O) groups excluding carboxylic acids is 1. The molecule has 1 amide bonds. The Hall–Kier alpha value is -1.69. The maximum absolute atomic E-state index is 12.7. The van der Waals surface area contributed by atoms with Crippen LogP contribution in [0, 0.1) is 0 Å². The van der Waals surface area contributed by atoms with Gasteiger partial charge in [0, 0.05) is 29.7 Å². The van der Waals surface area contributed by atoms with Gasteiger partial charge < -0.3 is 9.42 Å². The zero-order chi connectivity index (χ0) is 17.3. The van der Waals surface area contributed by atoms with Gasteiger partial charge in [0.25, 0.3) is 0 Å². The van der Waals surface area contributed by atoms with Crippen molar-refractivity contribution < 1.29 is 9.32 Å². The maximum Gasteiger partial charge on any atom is 0.227 e. The molecule has 0 unspecified atom stereocenters. The van der Waals surface area contributed by atoms with Crippen molar-refractivity contribution in [3.8, 4) is 0 Å². The van der Waals surface area contributed by atoms with Crippen LogP contribution in [0.3, 0.4) is 0 Å². The van der Waals surface area contributed by atoms with E-state index in [2.05, 4.69) is 28.5 Å². The van der Waals surface area contributed by atoms with E-state index < -0.39 is 0 Å². The number of nitrogens with zero attached hydrogens (tertiary/aromatic N) is 3. The van der Waals surface area contributed by atoms with E-state index >= 15 is 0 Å². The highest BCUT2D eigenvalue weighted by Crippen LogP contribution is 2.35. The predicted molar refractivity (Wildman–Crippen MR) is 94.1 cm³/mol. The van der Waals surface area contributed by atoms with Gasteiger partial charge in [0.15, 0.2) is 5.82 Å². The zero-order valence-corrected chi connectivity index (χ0v) is 15.7. The fourth-order valence-corrected chi connectivity index (χ4v) is 4.08. The number of aromatic nitrogens is 2. The van der Waals surface area contributed by atoms with Crippen LogP contribution in [0.1, 0.15) is 68.7 Å². The predicted octanol–water partition coefficient (Wildman–Crippen LogP) is 3.90. The first-order valence-electron chi connectivity index (χ1n) is 8.59. The Morgan fingerprint density at radius 3 is 2.92 bits per heavy atom. The third kappa shape index (κ3) is 3.38. The second-order valence-electron chi connectivity index (χ2n) is 7.32. The van der Waals surface area contributed by atoms with Crippen LogP contribution < -0.4 is 0 Å². The van der Waals surface area contributed by atoms with Gasteiger partial charge in [-0.1, -0.05) is 32.9 Å². The molecular weight excluding hydrogens is 322 g/mol. The first kappa shape index (κ1) is 17.1. The van der Waals surface area contributed by atoms with Gasteiger partial charge in [0.05, 0.1) is 6.04 Å². The number of hydrogen-bond acceptors (Lipinski definition) is 5. The van der Waals surface area contributed by atoms with Gasteiger partial charge in [-0.25, -0.2) is 0 Å². The van der Waals surface area contributed by atoms with Gasteiger partial charge >= 0.3 is 0 Å². The molecule has 0 saturated carbocycles. The van der Waals surface area contributed by atoms with Crippen LogP contribution in [-0.4, -0.2) is 27.5 Å². The minimum Gasteiger partial charge on any atom is -0.339 e. The summed E-state index contributed by atoms with van der Waals surface area (Å²) in [4.78, 5) is 20.6. The van der Waals surface area contributed by atoms with Crippen molar-refractivity contribution in [1.29, 1.82) is 0 Å². The minimum atomic E-state index is -0.138. The Bertz CT molecular complexity index is 714. The second-order valence-corrected chi connectivity index (χ2v) is 8.32. The molecule has 0 spiro atoms. The molecule has 2 aromatic heterocycles. The first-order chi connectivity index (χ1) is 11.4. The lowest BCUT2D eigenvalue weighted by molar-refractivity contribution is -0.134. The second kappa shape index (κ2) is 6.67. The molecule has 0 bridgehead atoms. The Labute approximate surface area is 147 Å². The van der Waals surface area contributed by atoms with E-state index in [1.807, 2.05) is 25.7 Å². The lowest BCUT2D eigenvalue weighted by atomic mass is 9.96. The normalized spacial score (nSPS) is 17.8. The largest absolute Gasteiger partial charge is 0.339 e. The first-order valence-corrected chi connectivity index (χ1v) is 9.47. The summed E-state index contributed by atoms with van der Waals surface area (Å²) in [5.41, 5.74) is 1.19. The standard InChI is InChI=1S/C18H25N3O2S/c1-5-13-12-9-11-24-14(12)8-10-21(13)16(22)7-6-15-19-17(20-23-15)18(2,3)4/h9,11,13H,5-8,10H2,1-4H3/t13-/m0/s1. The van der Waals surface area contributed by atoms with Crippen LogP contribution in [0.15, 0.2) is 16.0 Å². The number of fused-ring (bicyclic) bond motifs is 1. The van der Waals surface area contributed by atoms with Gasteiger partial charge in [-0.05, 0) is 29.9 Å². The van der Waals surface area contributed by atoms with Crippen molar-refractivity contribution in [2.75, 3.05) is 6.54 Å². The van der Waals surface area contributed by atoms with E-state index in [0.29, 0.717) is 24.6 Å². The number of hydrogen-bond donors (Lipinski definition) is 0. The molecular formula is C18H25N3O2S. The highest BCUT2D eigenvalue weighted by Gasteiger charge is 2.30. The van der Waals surface area contributed by atoms with Crippen molar-refractivity contribution in [1.82, 2.24) is 15.0 Å². The maximum atomic E-state index is 12.7.